The number of benzene rings is 1. The number of nitrogens with zero attached hydrogens (tertiary/aromatic N) is 6. The number of pyridine rings is 1. The second-order valence-corrected chi connectivity index (χ2v) is 20.2. The van der Waals surface area contributed by atoms with Gasteiger partial charge in [0.05, 0.1) is 58.0 Å². The molecule has 0 radical (unpaired) electrons. The van der Waals surface area contributed by atoms with Crippen LogP contribution in [0.2, 0.25) is 0 Å². The zero-order valence-corrected chi connectivity index (χ0v) is 37.7. The number of nitrogens with one attached hydrogen (secondary N) is 2. The zero-order valence-electron chi connectivity index (χ0n) is 36.9. The lowest BCUT2D eigenvalue weighted by Gasteiger charge is -2.37. The Hall–Kier alpha value is -4.51. The third-order valence-electron chi connectivity index (χ3n) is 14.2. The molecule has 0 spiro atoms. The van der Waals surface area contributed by atoms with E-state index in [0.717, 1.165) is 81.6 Å². The monoisotopic (exact) mass is 872 g/mol. The summed E-state index contributed by atoms with van der Waals surface area (Å²) in [7, 11) is 3.82. The highest BCUT2D eigenvalue weighted by atomic mass is 32.1. The van der Waals surface area contributed by atoms with E-state index in [9.17, 15) is 14.4 Å². The standard InChI is InChI=1S/C46H58F2N8O5S/c1-9-55-35-11-10-27-17-30(35)32(39(55)31-18-28(21-49-37(31)26(3)60-8)54-14-12-53(7)13-15-54)20-44(4,5)24-61-43(59)38-40-45(6,46(40,47)48)23-56(52-38)42(58)33(19-36-50-34(27)22-62-36)51-41(57)29-16-25(29)2/h10-11,17-18,21-22,25-26,29,33,38,40,52H,9,12-16,19-20,23-24H2,1-8H3,(H,51,57)/t25-,26-,29-,33-,38-,40+,45-/m0/s1. The number of esters is 1. The van der Waals surface area contributed by atoms with Crippen LogP contribution in [0, 0.1) is 28.6 Å². The first-order valence-corrected chi connectivity index (χ1v) is 22.8. The van der Waals surface area contributed by atoms with Crippen molar-refractivity contribution in [2.75, 3.05) is 58.4 Å². The smallest absolute Gasteiger partial charge is 0.325 e. The van der Waals surface area contributed by atoms with Gasteiger partial charge in [0.1, 0.15) is 12.1 Å². The molecule has 9 rings (SSSR count). The second kappa shape index (κ2) is 15.6. The molecule has 4 fully saturated rings. The SMILES string of the molecule is CCn1c(-c2cc(N3CCN(C)CC3)cnc2[C@H](C)OC)c2c3cc(ccc31)-c1csc(n1)C[C@H](NC(=O)[C@H]1C[C@@H]1C)C(=O)N1C[C@@]3(C)[C@@H]([C@H](N1)C(=O)OCC(C)(C)C2)C3(F)F. The number of anilines is 1. The number of ether oxygens (including phenoxy) is 2. The molecule has 2 saturated carbocycles. The molecule has 6 bridgehead atoms. The van der Waals surface area contributed by atoms with Crippen LogP contribution in [0.15, 0.2) is 35.8 Å². The highest BCUT2D eigenvalue weighted by Crippen LogP contribution is 2.68. The Morgan fingerprint density at radius 3 is 2.58 bits per heavy atom. The van der Waals surface area contributed by atoms with Crippen LogP contribution >= 0.6 is 11.3 Å². The van der Waals surface area contributed by atoms with Crippen LogP contribution in [-0.4, -0.2) is 114 Å². The number of likely N-dealkylation sites (N-methyl/N-ethyl adjacent to an activating group) is 1. The lowest BCUT2D eigenvalue weighted by molar-refractivity contribution is -0.157. The number of hydrogen-bond acceptors (Lipinski definition) is 11. The summed E-state index contributed by atoms with van der Waals surface area (Å²) in [5.41, 5.74) is 7.98. The van der Waals surface area contributed by atoms with Gasteiger partial charge in [-0.15, -0.1) is 11.3 Å². The number of hydrazine groups is 1. The number of piperazine rings is 1. The lowest BCUT2D eigenvalue weighted by atomic mass is 9.84. The molecule has 16 heteroatoms. The van der Waals surface area contributed by atoms with Gasteiger partial charge in [0.25, 0.3) is 11.8 Å². The number of alkyl halides is 2. The number of hydrogen-bond donors (Lipinski definition) is 2. The number of amides is 2. The Labute approximate surface area is 365 Å². The predicted molar refractivity (Wildman–Crippen MR) is 234 cm³/mol. The number of aryl methyl sites for hydroxylation is 1. The number of aromatic nitrogens is 3. The van der Waals surface area contributed by atoms with E-state index in [0.29, 0.717) is 24.4 Å². The fourth-order valence-corrected chi connectivity index (χ4v) is 10.9. The fraction of sp³-hybridized carbons (Fsp3) is 0.587. The molecule has 4 aromatic rings. The van der Waals surface area contributed by atoms with Crippen LogP contribution in [0.4, 0.5) is 14.5 Å². The van der Waals surface area contributed by atoms with Crippen molar-refractivity contribution in [1.29, 1.82) is 0 Å². The number of methoxy groups -OCH3 is 1. The summed E-state index contributed by atoms with van der Waals surface area (Å²) < 4.78 is 45.8. The molecule has 5 aliphatic rings. The van der Waals surface area contributed by atoms with Gasteiger partial charge in [-0.3, -0.25) is 24.4 Å². The van der Waals surface area contributed by atoms with Gasteiger partial charge < -0.3 is 29.2 Å². The van der Waals surface area contributed by atoms with Crippen LogP contribution in [0.25, 0.3) is 33.4 Å². The highest BCUT2D eigenvalue weighted by molar-refractivity contribution is 7.10. The van der Waals surface area contributed by atoms with Crippen molar-refractivity contribution in [1.82, 2.24) is 35.2 Å². The first-order valence-electron chi connectivity index (χ1n) is 21.9. The zero-order chi connectivity index (χ0) is 44.0. The molecule has 3 aliphatic heterocycles. The Morgan fingerprint density at radius 1 is 1.15 bits per heavy atom. The van der Waals surface area contributed by atoms with Crippen LogP contribution in [0.5, 0.6) is 0 Å². The van der Waals surface area contributed by atoms with Crippen molar-refractivity contribution in [3.63, 3.8) is 0 Å². The summed E-state index contributed by atoms with van der Waals surface area (Å²) in [6.45, 7) is 15.4. The van der Waals surface area contributed by atoms with E-state index in [-0.39, 0.29) is 43.4 Å². The summed E-state index contributed by atoms with van der Waals surface area (Å²) in [5, 5.41) is 7.61. The third kappa shape index (κ3) is 7.37. The molecule has 1 aromatic carbocycles. The molecular weight excluding hydrogens is 815 g/mol. The maximum Gasteiger partial charge on any atom is 0.325 e. The molecule has 62 heavy (non-hydrogen) atoms. The van der Waals surface area contributed by atoms with Crippen molar-refractivity contribution < 1.29 is 32.6 Å². The van der Waals surface area contributed by atoms with Crippen LogP contribution in [0.3, 0.4) is 0 Å². The number of thiazole rings is 1. The molecule has 2 N–H and O–H groups in total. The first-order chi connectivity index (χ1) is 29.4. The molecule has 2 amide bonds. The van der Waals surface area contributed by atoms with Crippen LogP contribution in [0.1, 0.15) is 70.3 Å². The van der Waals surface area contributed by atoms with Gasteiger partial charge in [0.15, 0.2) is 0 Å². The number of cyclic esters (lactones) is 1. The Bertz CT molecular complexity index is 2430. The molecule has 3 aromatic heterocycles. The Morgan fingerprint density at radius 2 is 1.89 bits per heavy atom. The van der Waals surface area contributed by atoms with E-state index in [4.69, 9.17) is 19.4 Å². The minimum absolute atomic E-state index is 0.0509. The predicted octanol–water partition coefficient (Wildman–Crippen LogP) is 6.10. The average molecular weight is 873 g/mol. The minimum Gasteiger partial charge on any atom is -0.464 e. The summed E-state index contributed by atoms with van der Waals surface area (Å²) in [6, 6.07) is 6.01. The summed E-state index contributed by atoms with van der Waals surface area (Å²) in [4.78, 5) is 56.7. The second-order valence-electron chi connectivity index (χ2n) is 19.3. The van der Waals surface area contributed by atoms with Gasteiger partial charge in [-0.2, -0.15) is 0 Å². The lowest BCUT2D eigenvalue weighted by Crippen LogP contribution is -2.62. The summed E-state index contributed by atoms with van der Waals surface area (Å²) in [5.74, 6) is -6.33. The minimum atomic E-state index is -3.23. The van der Waals surface area contributed by atoms with Crippen molar-refractivity contribution >= 4 is 45.7 Å². The summed E-state index contributed by atoms with van der Waals surface area (Å²) in [6.07, 6.45) is 2.85. The van der Waals surface area contributed by atoms with Gasteiger partial charge in [-0.25, -0.2) is 19.2 Å². The molecule has 332 valence electrons. The fourth-order valence-electron chi connectivity index (χ4n) is 10.0. The summed E-state index contributed by atoms with van der Waals surface area (Å²) >= 11 is 1.38. The van der Waals surface area contributed by atoms with Crippen molar-refractivity contribution in [2.45, 2.75) is 91.5 Å². The molecule has 6 heterocycles. The van der Waals surface area contributed by atoms with Gasteiger partial charge in [0, 0.05) is 91.5 Å². The maximum atomic E-state index is 15.8. The van der Waals surface area contributed by atoms with Crippen molar-refractivity contribution in [2.24, 2.45) is 28.6 Å². The number of halogens is 2. The van der Waals surface area contributed by atoms with E-state index in [1.54, 1.807) is 7.11 Å². The van der Waals surface area contributed by atoms with E-state index in [1.165, 1.54) is 18.3 Å². The van der Waals surface area contributed by atoms with E-state index in [2.05, 4.69) is 63.3 Å². The molecule has 13 nitrogen and oxygen atoms in total. The topological polar surface area (TPSA) is 134 Å². The van der Waals surface area contributed by atoms with Crippen molar-refractivity contribution in [3.05, 3.63) is 52.1 Å². The maximum absolute atomic E-state index is 15.8. The normalized spacial score (nSPS) is 28.8. The Kier molecular flexibility index (Phi) is 10.8. The van der Waals surface area contributed by atoms with Gasteiger partial charge in [-0.1, -0.05) is 33.8 Å². The quantitative estimate of drug-likeness (QED) is 0.210. The van der Waals surface area contributed by atoms with Crippen LogP contribution < -0.4 is 15.6 Å². The first kappa shape index (κ1) is 42.8. The van der Waals surface area contributed by atoms with E-state index < -0.39 is 46.6 Å². The van der Waals surface area contributed by atoms with E-state index >= 15 is 8.78 Å². The highest BCUT2D eigenvalue weighted by Gasteiger charge is 2.83. The molecule has 2 aliphatic carbocycles. The number of carbonyl (C=O) groups is 3. The molecule has 0 unspecified atom stereocenters. The third-order valence-corrected chi connectivity index (χ3v) is 15.1. The van der Waals surface area contributed by atoms with Gasteiger partial charge >= 0.3 is 5.97 Å². The molecule has 7 atom stereocenters. The number of fused-ring (bicyclic) bond motifs is 8. The number of carbonyl (C=O) groups excluding carboxylic acids is 3. The molecular formula is C46H58F2N8O5S. The Balaban J connectivity index is 1.19. The molecule has 2 saturated heterocycles. The van der Waals surface area contributed by atoms with Gasteiger partial charge in [-0.05, 0) is 63.4 Å². The largest absolute Gasteiger partial charge is 0.464 e. The van der Waals surface area contributed by atoms with Crippen molar-refractivity contribution in [3.8, 4) is 22.5 Å². The van der Waals surface area contributed by atoms with Crippen LogP contribution in [-0.2, 0) is 43.2 Å². The number of rotatable bonds is 7. The van der Waals surface area contributed by atoms with E-state index in [1.807, 2.05) is 39.3 Å². The van der Waals surface area contributed by atoms with Gasteiger partial charge in [0.2, 0.25) is 5.91 Å². The average Bonchev–Trinajstić information content (AvgIpc) is 3.90.